The van der Waals surface area contributed by atoms with Crippen LogP contribution in [0.25, 0.3) is 0 Å². The molecule has 0 fully saturated rings. The van der Waals surface area contributed by atoms with E-state index in [-0.39, 0.29) is 0 Å². The van der Waals surface area contributed by atoms with E-state index in [1.165, 1.54) is 0 Å². The molecule has 0 aliphatic rings. The molecular weight excluding hydrogens is 374 g/mol. The molecule has 0 radical (unpaired) electrons. The molecule has 2 rings (SSSR count). The fourth-order valence-corrected chi connectivity index (χ4v) is 2.58. The van der Waals surface area contributed by atoms with Crippen LogP contribution in [0.15, 0.2) is 40.9 Å². The first-order valence-electron chi connectivity index (χ1n) is 5.70. The predicted octanol–water partition coefficient (Wildman–Crippen LogP) is 4.33. The van der Waals surface area contributed by atoms with Gasteiger partial charge in [-0.3, -0.25) is 0 Å². The van der Waals surface area contributed by atoms with E-state index >= 15 is 0 Å². The molecule has 0 N–H and O–H groups in total. The summed E-state index contributed by atoms with van der Waals surface area (Å²) in [7, 11) is 1.60. The number of hydrogen-bond donors (Lipinski definition) is 0. The number of hydrogen-bond acceptors (Lipinski definition) is 3. The number of pyridine rings is 1. The highest BCUT2D eigenvalue weighted by Gasteiger charge is 2.08. The fraction of sp³-hybridized carbons (Fsp3) is 0.214. The SMILES string of the molecule is COc1cccc(COc2c(Br)cccc2CBr)n1. The molecule has 1 aromatic carbocycles. The molecule has 0 bridgehead atoms. The van der Waals surface area contributed by atoms with Gasteiger partial charge in [-0.25, -0.2) is 4.98 Å². The Balaban J connectivity index is 2.14. The van der Waals surface area contributed by atoms with Crippen LogP contribution in [0.3, 0.4) is 0 Å². The standard InChI is InChI=1S/C14H13Br2NO2/c1-18-13-7-3-5-11(17-13)9-19-14-10(8-15)4-2-6-12(14)16/h2-7H,8-9H2,1H3. The van der Waals surface area contributed by atoms with Crippen LogP contribution in [0.2, 0.25) is 0 Å². The minimum atomic E-state index is 0.403. The van der Waals surface area contributed by atoms with Crippen molar-refractivity contribution in [1.82, 2.24) is 4.98 Å². The van der Waals surface area contributed by atoms with Gasteiger partial charge >= 0.3 is 0 Å². The molecule has 19 heavy (non-hydrogen) atoms. The maximum Gasteiger partial charge on any atom is 0.213 e. The van der Waals surface area contributed by atoms with Crippen molar-refractivity contribution in [3.8, 4) is 11.6 Å². The van der Waals surface area contributed by atoms with Crippen LogP contribution in [-0.2, 0) is 11.9 Å². The molecule has 100 valence electrons. The molecule has 3 nitrogen and oxygen atoms in total. The van der Waals surface area contributed by atoms with Gasteiger partial charge in [0, 0.05) is 17.0 Å². The zero-order chi connectivity index (χ0) is 13.7. The topological polar surface area (TPSA) is 31.4 Å². The van der Waals surface area contributed by atoms with Crippen LogP contribution in [0.1, 0.15) is 11.3 Å². The Bertz CT molecular complexity index is 561. The second kappa shape index (κ2) is 6.91. The van der Waals surface area contributed by atoms with E-state index in [1.54, 1.807) is 7.11 Å². The summed E-state index contributed by atoms with van der Waals surface area (Å²) < 4.78 is 11.9. The summed E-state index contributed by atoms with van der Waals surface area (Å²) in [6.45, 7) is 0.403. The van der Waals surface area contributed by atoms with E-state index in [0.29, 0.717) is 12.5 Å². The number of halogens is 2. The second-order valence-corrected chi connectivity index (χ2v) is 5.24. The number of nitrogens with zero attached hydrogens (tertiary/aromatic N) is 1. The summed E-state index contributed by atoms with van der Waals surface area (Å²) in [6, 6.07) is 11.6. The Morgan fingerprint density at radius 3 is 2.68 bits per heavy atom. The number of alkyl halides is 1. The Morgan fingerprint density at radius 2 is 1.95 bits per heavy atom. The first kappa shape index (κ1) is 14.3. The third kappa shape index (κ3) is 3.70. The summed E-state index contributed by atoms with van der Waals surface area (Å²) in [5, 5.41) is 0.743. The van der Waals surface area contributed by atoms with Crippen LogP contribution >= 0.6 is 31.9 Å². The number of para-hydroxylation sites is 1. The molecule has 0 unspecified atom stereocenters. The lowest BCUT2D eigenvalue weighted by Gasteiger charge is -2.12. The normalized spacial score (nSPS) is 10.3. The van der Waals surface area contributed by atoms with Gasteiger partial charge in [0.1, 0.15) is 12.4 Å². The zero-order valence-electron chi connectivity index (χ0n) is 10.4. The number of benzene rings is 1. The van der Waals surface area contributed by atoms with Crippen molar-refractivity contribution in [2.24, 2.45) is 0 Å². The van der Waals surface area contributed by atoms with Crippen molar-refractivity contribution in [3.05, 3.63) is 52.1 Å². The van der Waals surface area contributed by atoms with Gasteiger partial charge in [0.2, 0.25) is 5.88 Å². The van der Waals surface area contributed by atoms with E-state index < -0.39 is 0 Å². The molecule has 0 saturated carbocycles. The molecule has 2 aromatic rings. The van der Waals surface area contributed by atoms with E-state index in [0.717, 1.165) is 26.8 Å². The van der Waals surface area contributed by atoms with E-state index in [4.69, 9.17) is 9.47 Å². The lowest BCUT2D eigenvalue weighted by atomic mass is 10.2. The summed E-state index contributed by atoms with van der Waals surface area (Å²) in [5.74, 6) is 1.43. The molecule has 5 heteroatoms. The molecule has 1 heterocycles. The number of aromatic nitrogens is 1. The first-order chi connectivity index (χ1) is 9.24. The highest BCUT2D eigenvalue weighted by atomic mass is 79.9. The Hall–Kier alpha value is -1.07. The van der Waals surface area contributed by atoms with Gasteiger partial charge in [-0.2, -0.15) is 0 Å². The third-order valence-corrected chi connectivity index (χ3v) is 3.78. The Labute approximate surface area is 129 Å². The van der Waals surface area contributed by atoms with E-state index in [1.807, 2.05) is 36.4 Å². The Morgan fingerprint density at radius 1 is 1.16 bits per heavy atom. The molecule has 0 amide bonds. The third-order valence-electron chi connectivity index (χ3n) is 2.55. The second-order valence-electron chi connectivity index (χ2n) is 3.82. The first-order valence-corrected chi connectivity index (χ1v) is 7.62. The minimum absolute atomic E-state index is 0.403. The maximum atomic E-state index is 5.85. The molecule has 0 aliphatic heterocycles. The van der Waals surface area contributed by atoms with Crippen LogP contribution in [0, 0.1) is 0 Å². The molecule has 0 saturated heterocycles. The van der Waals surface area contributed by atoms with Gasteiger partial charge in [0.15, 0.2) is 0 Å². The molecular formula is C14H13Br2NO2. The molecule has 0 aliphatic carbocycles. The lowest BCUT2D eigenvalue weighted by molar-refractivity contribution is 0.294. The number of ether oxygens (including phenoxy) is 2. The summed E-state index contributed by atoms with van der Waals surface area (Å²) in [5.41, 5.74) is 1.92. The van der Waals surface area contributed by atoms with Crippen LogP contribution in [-0.4, -0.2) is 12.1 Å². The van der Waals surface area contributed by atoms with Crippen molar-refractivity contribution in [3.63, 3.8) is 0 Å². The molecule has 0 spiro atoms. The predicted molar refractivity (Wildman–Crippen MR) is 81.9 cm³/mol. The van der Waals surface area contributed by atoms with Gasteiger partial charge < -0.3 is 9.47 Å². The van der Waals surface area contributed by atoms with Crippen molar-refractivity contribution < 1.29 is 9.47 Å². The summed E-state index contributed by atoms with van der Waals surface area (Å²) >= 11 is 6.95. The summed E-state index contributed by atoms with van der Waals surface area (Å²) in [4.78, 5) is 4.32. The van der Waals surface area contributed by atoms with Gasteiger partial charge in [-0.05, 0) is 28.1 Å². The summed E-state index contributed by atoms with van der Waals surface area (Å²) in [6.07, 6.45) is 0. The number of methoxy groups -OCH3 is 1. The van der Waals surface area contributed by atoms with Crippen molar-refractivity contribution >= 4 is 31.9 Å². The van der Waals surface area contributed by atoms with Gasteiger partial charge in [-0.1, -0.05) is 34.1 Å². The average molecular weight is 387 g/mol. The minimum Gasteiger partial charge on any atom is -0.486 e. The molecule has 0 atom stereocenters. The van der Waals surface area contributed by atoms with Crippen molar-refractivity contribution in [2.75, 3.05) is 7.11 Å². The van der Waals surface area contributed by atoms with Crippen molar-refractivity contribution in [2.45, 2.75) is 11.9 Å². The average Bonchev–Trinajstić information content (AvgIpc) is 2.46. The van der Waals surface area contributed by atoms with Crippen LogP contribution < -0.4 is 9.47 Å². The van der Waals surface area contributed by atoms with E-state index in [9.17, 15) is 0 Å². The fourth-order valence-electron chi connectivity index (χ4n) is 1.62. The highest BCUT2D eigenvalue weighted by Crippen LogP contribution is 2.31. The number of rotatable bonds is 5. The highest BCUT2D eigenvalue weighted by molar-refractivity contribution is 9.10. The quantitative estimate of drug-likeness (QED) is 0.716. The van der Waals surface area contributed by atoms with Gasteiger partial charge in [-0.15, -0.1) is 0 Å². The monoisotopic (exact) mass is 385 g/mol. The maximum absolute atomic E-state index is 5.85. The smallest absolute Gasteiger partial charge is 0.213 e. The zero-order valence-corrected chi connectivity index (χ0v) is 13.6. The molecule has 1 aromatic heterocycles. The largest absolute Gasteiger partial charge is 0.486 e. The van der Waals surface area contributed by atoms with E-state index in [2.05, 4.69) is 36.8 Å². The van der Waals surface area contributed by atoms with Crippen LogP contribution in [0.4, 0.5) is 0 Å². The van der Waals surface area contributed by atoms with Gasteiger partial charge in [0.05, 0.1) is 17.3 Å². The van der Waals surface area contributed by atoms with Crippen LogP contribution in [0.5, 0.6) is 11.6 Å². The Kier molecular flexibility index (Phi) is 5.22. The van der Waals surface area contributed by atoms with Crippen molar-refractivity contribution in [1.29, 1.82) is 0 Å². The van der Waals surface area contributed by atoms with Gasteiger partial charge in [0.25, 0.3) is 0 Å². The lowest BCUT2D eigenvalue weighted by Crippen LogP contribution is -2.01.